The summed E-state index contributed by atoms with van der Waals surface area (Å²) in [5.41, 5.74) is -1.10. The van der Waals surface area contributed by atoms with Gasteiger partial charge >= 0.3 is 0 Å². The van der Waals surface area contributed by atoms with E-state index in [0.29, 0.717) is 0 Å². The minimum atomic E-state index is -1.38. The third kappa shape index (κ3) is 2.02. The van der Waals surface area contributed by atoms with Crippen LogP contribution in [0.5, 0.6) is 0 Å². The number of hydrogen-bond donors (Lipinski definition) is 0. The predicted molar refractivity (Wildman–Crippen MR) is 39.9 cm³/mol. The SMILES string of the molecule is CC(C)(F)Cn1nncc1C#N. The molecule has 0 saturated carbocycles. The highest BCUT2D eigenvalue weighted by Crippen LogP contribution is 2.11. The van der Waals surface area contributed by atoms with Gasteiger partial charge in [-0.25, -0.2) is 9.07 Å². The maximum Gasteiger partial charge on any atom is 0.158 e. The normalized spacial score (nSPS) is 11.2. The van der Waals surface area contributed by atoms with Gasteiger partial charge in [-0.2, -0.15) is 5.26 Å². The minimum Gasteiger partial charge on any atom is -0.242 e. The van der Waals surface area contributed by atoms with Crippen molar-refractivity contribution >= 4 is 0 Å². The van der Waals surface area contributed by atoms with E-state index in [0.717, 1.165) is 0 Å². The van der Waals surface area contributed by atoms with Crippen molar-refractivity contribution < 1.29 is 4.39 Å². The maximum absolute atomic E-state index is 13.1. The third-order valence-electron chi connectivity index (χ3n) is 1.26. The molecule has 0 aliphatic carbocycles. The Morgan fingerprint density at radius 3 is 2.92 bits per heavy atom. The van der Waals surface area contributed by atoms with E-state index < -0.39 is 5.67 Å². The molecule has 1 aromatic rings. The number of aromatic nitrogens is 3. The molecule has 5 heteroatoms. The second kappa shape index (κ2) is 2.89. The van der Waals surface area contributed by atoms with Crippen LogP contribution in [0.2, 0.25) is 0 Å². The fourth-order valence-corrected chi connectivity index (χ4v) is 0.817. The number of hydrogen-bond acceptors (Lipinski definition) is 3. The van der Waals surface area contributed by atoms with Gasteiger partial charge in [-0.3, -0.25) is 0 Å². The molecular weight excluding hydrogens is 159 g/mol. The number of alkyl halides is 1. The monoisotopic (exact) mass is 168 g/mol. The van der Waals surface area contributed by atoms with Crippen LogP contribution < -0.4 is 0 Å². The predicted octanol–water partition coefficient (Wildman–Crippen LogP) is 0.898. The Labute approximate surface area is 69.6 Å². The summed E-state index contributed by atoms with van der Waals surface area (Å²) in [5, 5.41) is 15.6. The van der Waals surface area contributed by atoms with Crippen LogP contribution in [0, 0.1) is 11.3 Å². The van der Waals surface area contributed by atoms with Crippen LogP contribution in [0.1, 0.15) is 19.5 Å². The van der Waals surface area contributed by atoms with Gasteiger partial charge in [-0.05, 0) is 13.8 Å². The number of nitrogens with zero attached hydrogens (tertiary/aromatic N) is 4. The zero-order chi connectivity index (χ0) is 9.19. The van der Waals surface area contributed by atoms with Crippen LogP contribution in [0.15, 0.2) is 6.20 Å². The van der Waals surface area contributed by atoms with Crippen molar-refractivity contribution in [2.24, 2.45) is 0 Å². The zero-order valence-electron chi connectivity index (χ0n) is 6.95. The molecule has 0 amide bonds. The molecule has 0 aliphatic heterocycles. The molecule has 0 radical (unpaired) electrons. The van der Waals surface area contributed by atoms with Crippen molar-refractivity contribution in [3.8, 4) is 6.07 Å². The molecule has 64 valence electrons. The van der Waals surface area contributed by atoms with Gasteiger partial charge in [0.1, 0.15) is 11.7 Å². The summed E-state index contributed by atoms with van der Waals surface area (Å²) in [6.45, 7) is 2.90. The lowest BCUT2D eigenvalue weighted by atomic mass is 10.2. The first-order valence-corrected chi connectivity index (χ1v) is 3.50. The van der Waals surface area contributed by atoms with Crippen LogP contribution in [0.4, 0.5) is 4.39 Å². The molecule has 0 aromatic carbocycles. The lowest BCUT2D eigenvalue weighted by molar-refractivity contribution is 0.177. The summed E-state index contributed by atoms with van der Waals surface area (Å²) in [7, 11) is 0. The van der Waals surface area contributed by atoms with Gasteiger partial charge in [0.05, 0.1) is 12.7 Å². The molecule has 1 heterocycles. The second-order valence-corrected chi connectivity index (χ2v) is 3.11. The van der Waals surface area contributed by atoms with Crippen molar-refractivity contribution in [2.45, 2.75) is 26.1 Å². The highest BCUT2D eigenvalue weighted by Gasteiger charge is 2.18. The van der Waals surface area contributed by atoms with E-state index in [1.165, 1.54) is 24.7 Å². The average Bonchev–Trinajstić information content (AvgIpc) is 2.31. The van der Waals surface area contributed by atoms with Crippen molar-refractivity contribution in [1.82, 2.24) is 15.0 Å². The summed E-state index contributed by atoms with van der Waals surface area (Å²) in [6.07, 6.45) is 1.31. The Balaban J connectivity index is 2.84. The van der Waals surface area contributed by atoms with Crippen molar-refractivity contribution in [3.63, 3.8) is 0 Å². The third-order valence-corrected chi connectivity index (χ3v) is 1.26. The van der Waals surface area contributed by atoms with Crippen molar-refractivity contribution in [3.05, 3.63) is 11.9 Å². The topological polar surface area (TPSA) is 54.5 Å². The van der Waals surface area contributed by atoms with E-state index in [2.05, 4.69) is 10.3 Å². The van der Waals surface area contributed by atoms with Crippen molar-refractivity contribution in [2.75, 3.05) is 0 Å². The summed E-state index contributed by atoms with van der Waals surface area (Å²) >= 11 is 0. The number of nitriles is 1. The van der Waals surface area contributed by atoms with Gasteiger partial charge in [-0.15, -0.1) is 5.10 Å². The van der Waals surface area contributed by atoms with Gasteiger partial charge < -0.3 is 0 Å². The molecule has 1 aromatic heterocycles. The molecule has 1 rings (SSSR count). The molecule has 0 fully saturated rings. The smallest absolute Gasteiger partial charge is 0.158 e. The van der Waals surface area contributed by atoms with E-state index in [4.69, 9.17) is 5.26 Å². The fraction of sp³-hybridized carbons (Fsp3) is 0.571. The minimum absolute atomic E-state index is 0.0515. The van der Waals surface area contributed by atoms with E-state index >= 15 is 0 Å². The molecule has 0 spiro atoms. The fourth-order valence-electron chi connectivity index (χ4n) is 0.817. The number of rotatable bonds is 2. The maximum atomic E-state index is 13.1. The molecule has 0 N–H and O–H groups in total. The first-order chi connectivity index (χ1) is 5.53. The van der Waals surface area contributed by atoms with Crippen LogP contribution in [-0.2, 0) is 6.54 Å². The van der Waals surface area contributed by atoms with E-state index in [1.54, 1.807) is 0 Å². The lowest BCUT2D eigenvalue weighted by Gasteiger charge is -2.13. The molecular formula is C7H9FN4. The van der Waals surface area contributed by atoms with E-state index in [1.807, 2.05) is 6.07 Å². The summed E-state index contributed by atoms with van der Waals surface area (Å²) < 4.78 is 14.3. The van der Waals surface area contributed by atoms with Crippen LogP contribution in [0.25, 0.3) is 0 Å². The van der Waals surface area contributed by atoms with Gasteiger partial charge in [0.2, 0.25) is 0 Å². The highest BCUT2D eigenvalue weighted by atomic mass is 19.1. The van der Waals surface area contributed by atoms with Crippen LogP contribution >= 0.6 is 0 Å². The largest absolute Gasteiger partial charge is 0.242 e. The Morgan fingerprint density at radius 2 is 2.42 bits per heavy atom. The lowest BCUT2D eigenvalue weighted by Crippen LogP contribution is -2.22. The van der Waals surface area contributed by atoms with E-state index in [-0.39, 0.29) is 12.2 Å². The van der Waals surface area contributed by atoms with Crippen molar-refractivity contribution in [1.29, 1.82) is 5.26 Å². The second-order valence-electron chi connectivity index (χ2n) is 3.11. The average molecular weight is 168 g/mol. The molecule has 0 atom stereocenters. The first-order valence-electron chi connectivity index (χ1n) is 3.50. The Bertz CT molecular complexity index is 304. The Hall–Kier alpha value is -1.44. The van der Waals surface area contributed by atoms with Crippen LogP contribution in [0.3, 0.4) is 0 Å². The Kier molecular flexibility index (Phi) is 2.09. The first kappa shape index (κ1) is 8.65. The summed E-state index contributed by atoms with van der Waals surface area (Å²) in [6, 6.07) is 1.87. The molecule has 4 nitrogen and oxygen atoms in total. The van der Waals surface area contributed by atoms with E-state index in [9.17, 15) is 4.39 Å². The standard InChI is InChI=1S/C7H9FN4/c1-7(2,8)5-12-6(3-9)4-10-11-12/h4H,5H2,1-2H3. The van der Waals surface area contributed by atoms with Gasteiger partial charge in [0.15, 0.2) is 5.69 Å². The van der Waals surface area contributed by atoms with Gasteiger partial charge in [-0.1, -0.05) is 5.21 Å². The molecule has 0 unspecified atom stereocenters. The zero-order valence-corrected chi connectivity index (χ0v) is 6.95. The molecule has 12 heavy (non-hydrogen) atoms. The highest BCUT2D eigenvalue weighted by molar-refractivity contribution is 5.14. The molecule has 0 aliphatic rings. The summed E-state index contributed by atoms with van der Waals surface area (Å²) in [5.74, 6) is 0. The van der Waals surface area contributed by atoms with Crippen LogP contribution in [-0.4, -0.2) is 20.7 Å². The quantitative estimate of drug-likeness (QED) is 0.659. The molecule has 0 bridgehead atoms. The van der Waals surface area contributed by atoms with Gasteiger partial charge in [0, 0.05) is 0 Å². The number of halogens is 1. The van der Waals surface area contributed by atoms with Gasteiger partial charge in [0.25, 0.3) is 0 Å². The molecule has 0 saturated heterocycles. The summed E-state index contributed by atoms with van der Waals surface area (Å²) in [4.78, 5) is 0. The Morgan fingerprint density at radius 1 is 1.75 bits per heavy atom.